The molecule has 0 fully saturated rings. The van der Waals surface area contributed by atoms with Gasteiger partial charge in [-0.3, -0.25) is 4.79 Å². The molecule has 1 aromatic heterocycles. The van der Waals surface area contributed by atoms with Crippen molar-refractivity contribution in [2.24, 2.45) is 0 Å². The first-order valence-corrected chi connectivity index (χ1v) is 9.78. The summed E-state index contributed by atoms with van der Waals surface area (Å²) in [6.07, 6.45) is 0. The van der Waals surface area contributed by atoms with Gasteiger partial charge in [-0.2, -0.15) is 0 Å². The van der Waals surface area contributed by atoms with Crippen LogP contribution in [-0.2, 0) is 0 Å². The Kier molecular flexibility index (Phi) is 4.58. The van der Waals surface area contributed by atoms with Gasteiger partial charge in [0.05, 0.1) is 11.0 Å². The van der Waals surface area contributed by atoms with Crippen molar-refractivity contribution in [2.75, 3.05) is 5.32 Å². The van der Waals surface area contributed by atoms with Crippen LogP contribution in [0, 0.1) is 0 Å². The maximum atomic E-state index is 12.7. The first-order valence-electron chi connectivity index (χ1n) is 9.78. The number of para-hydroxylation sites is 2. The summed E-state index contributed by atoms with van der Waals surface area (Å²) < 4.78 is 0. The molecule has 5 aromatic rings. The normalized spacial score (nSPS) is 10.8. The molecule has 4 heteroatoms. The van der Waals surface area contributed by atoms with Crippen molar-refractivity contribution in [2.45, 2.75) is 0 Å². The van der Waals surface area contributed by atoms with Crippen molar-refractivity contribution < 1.29 is 4.79 Å². The summed E-state index contributed by atoms with van der Waals surface area (Å²) in [5.41, 5.74) is 6.38. The lowest BCUT2D eigenvalue weighted by molar-refractivity contribution is 0.102. The molecule has 1 heterocycles. The highest BCUT2D eigenvalue weighted by Crippen LogP contribution is 2.24. The van der Waals surface area contributed by atoms with E-state index in [2.05, 4.69) is 27.4 Å². The number of imidazole rings is 1. The molecular formula is C26H19N3O. The van der Waals surface area contributed by atoms with Gasteiger partial charge in [-0.25, -0.2) is 4.98 Å². The number of aromatic nitrogens is 2. The summed E-state index contributed by atoms with van der Waals surface area (Å²) in [4.78, 5) is 20.7. The molecule has 0 atom stereocenters. The standard InChI is InChI=1S/C26H19N3O/c30-26(20-15-13-19(14-16-20)18-7-2-1-3-8-18)27-22-10-6-9-21(17-22)25-28-23-11-4-5-12-24(23)29-25/h1-17H,(H,27,30)(H,28,29). The summed E-state index contributed by atoms with van der Waals surface area (Å²) in [5, 5.41) is 2.98. The summed E-state index contributed by atoms with van der Waals surface area (Å²) >= 11 is 0. The molecule has 0 spiro atoms. The highest BCUT2D eigenvalue weighted by atomic mass is 16.1. The number of aromatic amines is 1. The Morgan fingerprint density at radius 3 is 2.20 bits per heavy atom. The van der Waals surface area contributed by atoms with E-state index in [0.29, 0.717) is 5.56 Å². The number of nitrogens with one attached hydrogen (secondary N) is 2. The number of fused-ring (bicyclic) bond motifs is 1. The van der Waals surface area contributed by atoms with Crippen molar-refractivity contribution in [3.8, 4) is 22.5 Å². The fourth-order valence-electron chi connectivity index (χ4n) is 3.48. The van der Waals surface area contributed by atoms with Gasteiger partial charge in [0.25, 0.3) is 5.91 Å². The zero-order valence-corrected chi connectivity index (χ0v) is 16.2. The molecule has 0 unspecified atom stereocenters. The van der Waals surface area contributed by atoms with Crippen molar-refractivity contribution >= 4 is 22.6 Å². The molecule has 4 aromatic carbocycles. The minimum atomic E-state index is -0.142. The summed E-state index contributed by atoms with van der Waals surface area (Å²) in [5.74, 6) is 0.635. The predicted molar refractivity (Wildman–Crippen MR) is 121 cm³/mol. The topological polar surface area (TPSA) is 57.8 Å². The van der Waals surface area contributed by atoms with Gasteiger partial charge in [0.2, 0.25) is 0 Å². The lowest BCUT2D eigenvalue weighted by Crippen LogP contribution is -2.11. The molecule has 144 valence electrons. The van der Waals surface area contributed by atoms with Gasteiger partial charge >= 0.3 is 0 Å². The number of hydrogen-bond donors (Lipinski definition) is 2. The van der Waals surface area contributed by atoms with Crippen LogP contribution in [-0.4, -0.2) is 15.9 Å². The largest absolute Gasteiger partial charge is 0.338 e. The zero-order chi connectivity index (χ0) is 20.3. The number of benzene rings is 4. The fraction of sp³-hybridized carbons (Fsp3) is 0. The average Bonchev–Trinajstić information content (AvgIpc) is 3.24. The Morgan fingerprint density at radius 1 is 0.700 bits per heavy atom. The molecule has 0 bridgehead atoms. The molecule has 0 aliphatic carbocycles. The van der Waals surface area contributed by atoms with Crippen LogP contribution in [0.5, 0.6) is 0 Å². The quantitative estimate of drug-likeness (QED) is 0.387. The molecular weight excluding hydrogens is 370 g/mol. The Hall–Kier alpha value is -4.18. The van der Waals surface area contributed by atoms with E-state index < -0.39 is 0 Å². The third-order valence-corrected chi connectivity index (χ3v) is 5.04. The monoisotopic (exact) mass is 389 g/mol. The highest BCUT2D eigenvalue weighted by Gasteiger charge is 2.09. The molecule has 30 heavy (non-hydrogen) atoms. The van der Waals surface area contributed by atoms with Crippen molar-refractivity contribution in [1.82, 2.24) is 9.97 Å². The maximum absolute atomic E-state index is 12.7. The van der Waals surface area contributed by atoms with Crippen LogP contribution in [0.2, 0.25) is 0 Å². The lowest BCUT2D eigenvalue weighted by Gasteiger charge is -2.08. The Morgan fingerprint density at radius 2 is 1.40 bits per heavy atom. The molecule has 1 amide bonds. The van der Waals surface area contributed by atoms with E-state index >= 15 is 0 Å². The average molecular weight is 389 g/mol. The van der Waals surface area contributed by atoms with Crippen LogP contribution in [0.4, 0.5) is 5.69 Å². The van der Waals surface area contributed by atoms with E-state index in [-0.39, 0.29) is 5.91 Å². The molecule has 0 aliphatic heterocycles. The minimum absolute atomic E-state index is 0.142. The van der Waals surface area contributed by atoms with E-state index in [1.54, 1.807) is 0 Å². The van der Waals surface area contributed by atoms with Gasteiger partial charge in [-0.05, 0) is 47.5 Å². The molecule has 4 nitrogen and oxygen atoms in total. The predicted octanol–water partition coefficient (Wildman–Crippen LogP) is 6.15. The second-order valence-corrected chi connectivity index (χ2v) is 7.08. The van der Waals surface area contributed by atoms with Gasteiger partial charge in [0.15, 0.2) is 0 Å². The van der Waals surface area contributed by atoms with Crippen molar-refractivity contribution in [3.63, 3.8) is 0 Å². The van der Waals surface area contributed by atoms with Crippen LogP contribution >= 0.6 is 0 Å². The van der Waals surface area contributed by atoms with E-state index in [1.807, 2.05) is 91.0 Å². The van der Waals surface area contributed by atoms with Gasteiger partial charge in [-0.1, -0.05) is 66.7 Å². The van der Waals surface area contributed by atoms with Gasteiger partial charge in [0, 0.05) is 16.8 Å². The lowest BCUT2D eigenvalue weighted by atomic mass is 10.0. The first-order chi connectivity index (χ1) is 14.8. The Bertz CT molecular complexity index is 1290. The molecule has 0 saturated heterocycles. The number of rotatable bonds is 4. The molecule has 0 radical (unpaired) electrons. The number of anilines is 1. The maximum Gasteiger partial charge on any atom is 0.255 e. The summed E-state index contributed by atoms with van der Waals surface area (Å²) in [6, 6.07) is 33.3. The number of hydrogen-bond acceptors (Lipinski definition) is 2. The third-order valence-electron chi connectivity index (χ3n) is 5.04. The number of carbonyl (C=O) groups is 1. The number of carbonyl (C=O) groups excluding carboxylic acids is 1. The van der Waals surface area contributed by atoms with Crippen LogP contribution in [0.3, 0.4) is 0 Å². The third kappa shape index (κ3) is 3.59. The summed E-state index contributed by atoms with van der Waals surface area (Å²) in [7, 11) is 0. The van der Waals surface area contributed by atoms with Crippen LogP contribution in [0.25, 0.3) is 33.5 Å². The zero-order valence-electron chi connectivity index (χ0n) is 16.2. The molecule has 2 N–H and O–H groups in total. The second kappa shape index (κ2) is 7.68. The fourth-order valence-corrected chi connectivity index (χ4v) is 3.48. The van der Waals surface area contributed by atoms with Crippen molar-refractivity contribution in [1.29, 1.82) is 0 Å². The molecule has 0 saturated carbocycles. The molecule has 5 rings (SSSR count). The second-order valence-electron chi connectivity index (χ2n) is 7.08. The minimum Gasteiger partial charge on any atom is -0.338 e. The van der Waals surface area contributed by atoms with E-state index in [4.69, 9.17) is 0 Å². The molecule has 0 aliphatic rings. The number of nitrogens with zero attached hydrogens (tertiary/aromatic N) is 1. The van der Waals surface area contributed by atoms with Crippen molar-refractivity contribution in [3.05, 3.63) is 109 Å². The van der Waals surface area contributed by atoms with E-state index in [1.165, 1.54) is 0 Å². The van der Waals surface area contributed by atoms with Gasteiger partial charge < -0.3 is 10.3 Å². The number of amides is 1. The van der Waals surface area contributed by atoms with E-state index in [9.17, 15) is 4.79 Å². The van der Waals surface area contributed by atoms with E-state index in [0.717, 1.165) is 39.2 Å². The first kappa shape index (κ1) is 17.9. The Labute approximate surface area is 174 Å². The van der Waals surface area contributed by atoms with Crippen LogP contribution in [0.1, 0.15) is 10.4 Å². The smallest absolute Gasteiger partial charge is 0.255 e. The SMILES string of the molecule is O=C(Nc1cccc(-c2nc3ccccc3[nH]2)c1)c1ccc(-c2ccccc2)cc1. The van der Waals surface area contributed by atoms with Gasteiger partial charge in [-0.15, -0.1) is 0 Å². The summed E-state index contributed by atoms with van der Waals surface area (Å²) in [6.45, 7) is 0. The number of H-pyrrole nitrogens is 1. The highest BCUT2D eigenvalue weighted by molar-refractivity contribution is 6.04. The van der Waals surface area contributed by atoms with Gasteiger partial charge in [0.1, 0.15) is 5.82 Å². The Balaban J connectivity index is 1.35. The van der Waals surface area contributed by atoms with Crippen LogP contribution < -0.4 is 5.32 Å². The van der Waals surface area contributed by atoms with Crippen LogP contribution in [0.15, 0.2) is 103 Å².